The van der Waals surface area contributed by atoms with Crippen molar-refractivity contribution >= 4 is 9.84 Å². The zero-order valence-corrected chi connectivity index (χ0v) is 12.1. The van der Waals surface area contributed by atoms with E-state index < -0.39 is 9.84 Å². The van der Waals surface area contributed by atoms with Gasteiger partial charge in [-0.05, 0) is 38.2 Å². The number of rotatable bonds is 4. The number of aromatic nitrogens is 3. The van der Waals surface area contributed by atoms with Gasteiger partial charge in [-0.25, -0.2) is 18.4 Å². The molecule has 2 aromatic heterocycles. The molecule has 0 radical (unpaired) electrons. The van der Waals surface area contributed by atoms with E-state index in [1.165, 1.54) is 19.0 Å². The third-order valence-electron chi connectivity index (χ3n) is 3.37. The van der Waals surface area contributed by atoms with Gasteiger partial charge in [0.25, 0.3) is 0 Å². The van der Waals surface area contributed by atoms with Crippen molar-refractivity contribution in [2.45, 2.75) is 31.3 Å². The van der Waals surface area contributed by atoms with E-state index in [1.807, 2.05) is 6.92 Å². The maximum absolute atomic E-state index is 11.5. The lowest BCUT2D eigenvalue weighted by Crippen LogP contribution is -2.04. The van der Waals surface area contributed by atoms with E-state index in [-0.39, 0.29) is 5.16 Å². The molecule has 0 atom stereocenters. The maximum Gasteiger partial charge on any atom is 0.247 e. The standard InChI is InChI=1S/C13H15N3O3S/c1-8-10(7-9-3-4-9)12(19-16-8)11-5-6-14-13(15-11)20(2,17)18/h5-6,9H,3-4,7H2,1-2H3. The van der Waals surface area contributed by atoms with Crippen LogP contribution in [-0.2, 0) is 16.3 Å². The van der Waals surface area contributed by atoms with Crippen LogP contribution in [0.3, 0.4) is 0 Å². The summed E-state index contributed by atoms with van der Waals surface area (Å²) < 4.78 is 28.4. The zero-order chi connectivity index (χ0) is 14.3. The zero-order valence-electron chi connectivity index (χ0n) is 11.3. The monoisotopic (exact) mass is 293 g/mol. The highest BCUT2D eigenvalue weighted by Crippen LogP contribution is 2.36. The first-order chi connectivity index (χ1) is 9.45. The second-order valence-corrected chi connectivity index (χ2v) is 7.13. The Bertz CT molecular complexity index is 748. The van der Waals surface area contributed by atoms with Crippen molar-refractivity contribution in [3.8, 4) is 11.5 Å². The van der Waals surface area contributed by atoms with Crippen LogP contribution in [0.25, 0.3) is 11.5 Å². The van der Waals surface area contributed by atoms with Crippen LogP contribution < -0.4 is 0 Å². The summed E-state index contributed by atoms with van der Waals surface area (Å²) in [5.74, 6) is 1.24. The Balaban J connectivity index is 2.04. The van der Waals surface area contributed by atoms with Gasteiger partial charge < -0.3 is 4.52 Å². The van der Waals surface area contributed by atoms with Crippen molar-refractivity contribution in [3.63, 3.8) is 0 Å². The summed E-state index contributed by atoms with van der Waals surface area (Å²) in [5, 5.41) is 3.79. The molecule has 0 N–H and O–H groups in total. The van der Waals surface area contributed by atoms with Gasteiger partial charge in [-0.2, -0.15) is 0 Å². The largest absolute Gasteiger partial charge is 0.354 e. The third kappa shape index (κ3) is 2.58. The minimum Gasteiger partial charge on any atom is -0.354 e. The van der Waals surface area contributed by atoms with E-state index in [0.717, 1.165) is 23.9 Å². The molecule has 1 aliphatic rings. The fourth-order valence-corrected chi connectivity index (χ4v) is 2.60. The molecule has 0 saturated heterocycles. The van der Waals surface area contributed by atoms with Crippen LogP contribution in [0.5, 0.6) is 0 Å². The van der Waals surface area contributed by atoms with Crippen LogP contribution in [0, 0.1) is 12.8 Å². The molecule has 0 aromatic carbocycles. The Morgan fingerprint density at radius 1 is 1.40 bits per heavy atom. The first-order valence-corrected chi connectivity index (χ1v) is 8.33. The maximum atomic E-state index is 11.5. The molecule has 1 aliphatic carbocycles. The predicted octanol–water partition coefficient (Wildman–Crippen LogP) is 1.80. The Morgan fingerprint density at radius 3 is 2.80 bits per heavy atom. The summed E-state index contributed by atoms with van der Waals surface area (Å²) in [7, 11) is -3.43. The number of hydrogen-bond donors (Lipinski definition) is 0. The second kappa shape index (κ2) is 4.66. The van der Waals surface area contributed by atoms with E-state index in [1.54, 1.807) is 6.07 Å². The van der Waals surface area contributed by atoms with Gasteiger partial charge >= 0.3 is 0 Å². The molecule has 2 aromatic rings. The summed E-state index contributed by atoms with van der Waals surface area (Å²) in [6.45, 7) is 1.89. The first-order valence-electron chi connectivity index (χ1n) is 6.44. The molecule has 0 amide bonds. The summed E-state index contributed by atoms with van der Waals surface area (Å²) in [6.07, 6.45) is 5.87. The Hall–Kier alpha value is -1.76. The van der Waals surface area contributed by atoms with Crippen LogP contribution in [-0.4, -0.2) is 29.8 Å². The van der Waals surface area contributed by atoms with Crippen molar-refractivity contribution in [1.29, 1.82) is 0 Å². The Labute approximate surface area is 117 Å². The summed E-state index contributed by atoms with van der Waals surface area (Å²) in [6, 6.07) is 1.64. The fraction of sp³-hybridized carbons (Fsp3) is 0.462. The molecule has 3 rings (SSSR count). The first kappa shape index (κ1) is 13.2. The van der Waals surface area contributed by atoms with Gasteiger partial charge in [-0.15, -0.1) is 0 Å². The van der Waals surface area contributed by atoms with Gasteiger partial charge in [0, 0.05) is 18.0 Å². The molecule has 0 aliphatic heterocycles. The SMILES string of the molecule is Cc1noc(-c2ccnc(S(C)(=O)=O)n2)c1CC1CC1. The van der Waals surface area contributed by atoms with E-state index in [2.05, 4.69) is 15.1 Å². The lowest BCUT2D eigenvalue weighted by atomic mass is 10.1. The highest BCUT2D eigenvalue weighted by atomic mass is 32.2. The van der Waals surface area contributed by atoms with Gasteiger partial charge in [-0.1, -0.05) is 5.16 Å². The summed E-state index contributed by atoms with van der Waals surface area (Å²) in [4.78, 5) is 7.87. The van der Waals surface area contributed by atoms with Crippen LogP contribution in [0.2, 0.25) is 0 Å². The molecular formula is C13H15N3O3S. The van der Waals surface area contributed by atoms with E-state index >= 15 is 0 Å². The highest BCUT2D eigenvalue weighted by molar-refractivity contribution is 7.90. The lowest BCUT2D eigenvalue weighted by molar-refractivity contribution is 0.425. The van der Waals surface area contributed by atoms with Crippen LogP contribution in [0.1, 0.15) is 24.1 Å². The third-order valence-corrected chi connectivity index (χ3v) is 4.23. The summed E-state index contributed by atoms with van der Waals surface area (Å²) in [5.41, 5.74) is 2.33. The van der Waals surface area contributed by atoms with Crippen LogP contribution >= 0.6 is 0 Å². The fourth-order valence-electron chi connectivity index (χ4n) is 2.09. The minimum absolute atomic E-state index is 0.193. The molecule has 0 unspecified atom stereocenters. The quantitative estimate of drug-likeness (QED) is 0.799. The van der Waals surface area contributed by atoms with Crippen molar-refractivity contribution in [3.05, 3.63) is 23.5 Å². The average molecular weight is 293 g/mol. The summed E-state index contributed by atoms with van der Waals surface area (Å²) >= 11 is 0. The second-order valence-electron chi connectivity index (χ2n) is 5.22. The predicted molar refractivity (Wildman–Crippen MR) is 71.8 cm³/mol. The molecule has 0 bridgehead atoms. The van der Waals surface area contributed by atoms with Crippen molar-refractivity contribution < 1.29 is 12.9 Å². The Morgan fingerprint density at radius 2 is 2.15 bits per heavy atom. The molecule has 1 saturated carbocycles. The Kier molecular flexibility index (Phi) is 3.08. The number of aryl methyl sites for hydroxylation is 1. The van der Waals surface area contributed by atoms with Gasteiger partial charge in [0.2, 0.25) is 15.0 Å². The molecule has 106 valence electrons. The molecule has 1 fully saturated rings. The topological polar surface area (TPSA) is 86.0 Å². The molecule has 0 spiro atoms. The number of hydrogen-bond acceptors (Lipinski definition) is 6. The van der Waals surface area contributed by atoms with E-state index in [9.17, 15) is 8.42 Å². The van der Waals surface area contributed by atoms with Crippen molar-refractivity contribution in [2.75, 3.05) is 6.26 Å². The van der Waals surface area contributed by atoms with Crippen LogP contribution in [0.15, 0.2) is 21.9 Å². The molecule has 20 heavy (non-hydrogen) atoms. The molecule has 2 heterocycles. The van der Waals surface area contributed by atoms with Crippen molar-refractivity contribution in [1.82, 2.24) is 15.1 Å². The number of sulfone groups is 1. The van der Waals surface area contributed by atoms with Gasteiger partial charge in [0.1, 0.15) is 5.69 Å². The van der Waals surface area contributed by atoms with Gasteiger partial charge in [0.05, 0.1) is 5.69 Å². The van der Waals surface area contributed by atoms with E-state index in [4.69, 9.17) is 4.52 Å². The molecular weight excluding hydrogens is 278 g/mol. The molecule has 7 heteroatoms. The molecule has 6 nitrogen and oxygen atoms in total. The average Bonchev–Trinajstić information content (AvgIpc) is 3.14. The van der Waals surface area contributed by atoms with Gasteiger partial charge in [-0.3, -0.25) is 0 Å². The van der Waals surface area contributed by atoms with Crippen LogP contribution in [0.4, 0.5) is 0 Å². The van der Waals surface area contributed by atoms with Gasteiger partial charge in [0.15, 0.2) is 5.76 Å². The smallest absolute Gasteiger partial charge is 0.247 e. The minimum atomic E-state index is -3.43. The number of nitrogens with zero attached hydrogens (tertiary/aromatic N) is 3. The lowest BCUT2D eigenvalue weighted by Gasteiger charge is -2.02. The normalized spacial score (nSPS) is 15.5. The van der Waals surface area contributed by atoms with E-state index in [0.29, 0.717) is 17.4 Å². The van der Waals surface area contributed by atoms with Crippen molar-refractivity contribution in [2.24, 2.45) is 5.92 Å². The highest BCUT2D eigenvalue weighted by Gasteiger charge is 2.27.